The largest absolute Gasteiger partial charge is 0.463 e. The predicted octanol–water partition coefficient (Wildman–Crippen LogP) is 4.88. The molecule has 0 spiro atoms. The fourth-order valence-electron chi connectivity index (χ4n) is 2.35. The number of hydrogen-bond donors (Lipinski definition) is 0. The highest BCUT2D eigenvalue weighted by molar-refractivity contribution is 6.30. The topological polar surface area (TPSA) is 43.6 Å². The quantitative estimate of drug-likeness (QED) is 0.491. The van der Waals surface area contributed by atoms with Crippen LogP contribution in [0.25, 0.3) is 23.0 Å². The van der Waals surface area contributed by atoms with Gasteiger partial charge in [-0.3, -0.25) is 4.40 Å². The van der Waals surface area contributed by atoms with E-state index in [0.29, 0.717) is 16.7 Å². The second kappa shape index (κ2) is 7.07. The van der Waals surface area contributed by atoms with Gasteiger partial charge in [0.2, 0.25) is 0 Å². The lowest BCUT2D eigenvalue weighted by Crippen LogP contribution is -1.99. The Morgan fingerprint density at radius 2 is 1.88 bits per heavy atom. The maximum Gasteiger partial charge on any atom is 0.330 e. The van der Waals surface area contributed by atoms with Crippen molar-refractivity contribution in [2.75, 3.05) is 6.61 Å². The van der Waals surface area contributed by atoms with E-state index in [9.17, 15) is 4.79 Å². The Morgan fingerprint density at radius 3 is 2.58 bits per heavy atom. The predicted molar refractivity (Wildman–Crippen MR) is 96.3 cm³/mol. The summed E-state index contributed by atoms with van der Waals surface area (Å²) in [6.07, 6.45) is 4.82. The molecule has 0 fully saturated rings. The Hall–Kier alpha value is -2.30. The summed E-state index contributed by atoms with van der Waals surface area (Å²) in [5.74, 6) is -0.406. The molecular weight excluding hydrogens is 347 g/mol. The zero-order valence-corrected chi connectivity index (χ0v) is 14.4. The molecule has 0 aliphatic heterocycles. The number of fused-ring (bicyclic) bond motifs is 1. The minimum atomic E-state index is -0.406. The van der Waals surface area contributed by atoms with Gasteiger partial charge >= 0.3 is 5.97 Å². The molecule has 3 rings (SSSR count). The highest BCUT2D eigenvalue weighted by Crippen LogP contribution is 2.27. The van der Waals surface area contributed by atoms with E-state index in [1.807, 2.05) is 22.6 Å². The highest BCUT2D eigenvalue weighted by Gasteiger charge is 2.13. The van der Waals surface area contributed by atoms with Gasteiger partial charge in [0.15, 0.2) is 0 Å². The zero-order valence-electron chi connectivity index (χ0n) is 12.9. The third kappa shape index (κ3) is 3.45. The summed E-state index contributed by atoms with van der Waals surface area (Å²) in [7, 11) is 0. The summed E-state index contributed by atoms with van der Waals surface area (Å²) in [5.41, 5.74) is 3.09. The average molecular weight is 361 g/mol. The average Bonchev–Trinajstić information content (AvgIpc) is 2.91. The van der Waals surface area contributed by atoms with Crippen molar-refractivity contribution in [3.05, 3.63) is 64.4 Å². The van der Waals surface area contributed by atoms with Crippen LogP contribution in [0, 0.1) is 0 Å². The lowest BCUT2D eigenvalue weighted by Gasteiger charge is -2.02. The summed E-state index contributed by atoms with van der Waals surface area (Å²) in [4.78, 5) is 16.3. The summed E-state index contributed by atoms with van der Waals surface area (Å²) >= 11 is 12.1. The molecule has 0 saturated carbocycles. The number of ether oxygens (including phenoxy) is 1. The molecule has 0 atom stereocenters. The van der Waals surface area contributed by atoms with Crippen molar-refractivity contribution >= 4 is 40.9 Å². The smallest absolute Gasteiger partial charge is 0.330 e. The summed E-state index contributed by atoms with van der Waals surface area (Å²) in [6, 6.07) is 11.0. The molecule has 0 aliphatic rings. The van der Waals surface area contributed by atoms with Crippen LogP contribution in [0.15, 0.2) is 48.7 Å². The molecule has 0 bridgehead atoms. The Labute approximate surface area is 149 Å². The van der Waals surface area contributed by atoms with Gasteiger partial charge in [-0.25, -0.2) is 9.78 Å². The van der Waals surface area contributed by atoms with Crippen LogP contribution in [0.3, 0.4) is 0 Å². The molecule has 24 heavy (non-hydrogen) atoms. The van der Waals surface area contributed by atoms with Crippen LogP contribution < -0.4 is 0 Å². The van der Waals surface area contributed by atoms with Gasteiger partial charge in [0.05, 0.1) is 23.0 Å². The molecular formula is C18H14Cl2N2O2. The molecule has 0 radical (unpaired) electrons. The Kier molecular flexibility index (Phi) is 4.88. The first-order valence-corrected chi connectivity index (χ1v) is 8.12. The number of benzene rings is 1. The standard InChI is InChI=1S/C18H14Cl2N2O2/c1-2-24-17(23)10-8-15-18(12-3-5-13(19)6-4-12)21-16-9-7-14(20)11-22(15)16/h3-11H,2H2,1H3. The lowest BCUT2D eigenvalue weighted by molar-refractivity contribution is -0.137. The van der Waals surface area contributed by atoms with Crippen molar-refractivity contribution in [2.24, 2.45) is 0 Å². The van der Waals surface area contributed by atoms with E-state index in [4.69, 9.17) is 27.9 Å². The van der Waals surface area contributed by atoms with Crippen molar-refractivity contribution in [3.8, 4) is 11.3 Å². The first kappa shape index (κ1) is 16.6. The van der Waals surface area contributed by atoms with E-state index in [2.05, 4.69) is 4.98 Å². The Morgan fingerprint density at radius 1 is 1.17 bits per heavy atom. The molecule has 4 nitrogen and oxygen atoms in total. The molecule has 0 N–H and O–H groups in total. The van der Waals surface area contributed by atoms with Crippen molar-refractivity contribution in [3.63, 3.8) is 0 Å². The van der Waals surface area contributed by atoms with E-state index in [0.717, 1.165) is 22.6 Å². The van der Waals surface area contributed by atoms with Gasteiger partial charge in [0, 0.05) is 22.9 Å². The summed E-state index contributed by atoms with van der Waals surface area (Å²) in [6.45, 7) is 2.09. The van der Waals surface area contributed by atoms with Crippen LogP contribution in [-0.4, -0.2) is 22.0 Å². The highest BCUT2D eigenvalue weighted by atomic mass is 35.5. The fourth-order valence-corrected chi connectivity index (χ4v) is 2.64. The van der Waals surface area contributed by atoms with Crippen molar-refractivity contribution in [1.29, 1.82) is 0 Å². The van der Waals surface area contributed by atoms with E-state index in [-0.39, 0.29) is 0 Å². The first-order chi connectivity index (χ1) is 11.6. The number of nitrogens with zero attached hydrogens (tertiary/aromatic N) is 2. The minimum Gasteiger partial charge on any atom is -0.463 e. The summed E-state index contributed by atoms with van der Waals surface area (Å²) < 4.78 is 6.77. The SMILES string of the molecule is CCOC(=O)C=Cc1c(-c2ccc(Cl)cc2)nc2ccc(Cl)cn12. The number of hydrogen-bond acceptors (Lipinski definition) is 3. The van der Waals surface area contributed by atoms with Gasteiger partial charge in [-0.1, -0.05) is 35.3 Å². The molecule has 0 amide bonds. The fraction of sp³-hybridized carbons (Fsp3) is 0.111. The van der Waals surface area contributed by atoms with Crippen molar-refractivity contribution in [1.82, 2.24) is 9.38 Å². The van der Waals surface area contributed by atoms with Gasteiger partial charge in [-0.2, -0.15) is 0 Å². The number of pyridine rings is 1. The van der Waals surface area contributed by atoms with E-state index in [1.54, 1.807) is 37.4 Å². The number of aromatic nitrogens is 2. The van der Waals surface area contributed by atoms with Crippen LogP contribution in [0.1, 0.15) is 12.6 Å². The maximum absolute atomic E-state index is 11.7. The van der Waals surface area contributed by atoms with Gasteiger partial charge in [0.1, 0.15) is 5.65 Å². The maximum atomic E-state index is 11.7. The number of carbonyl (C=O) groups is 1. The molecule has 122 valence electrons. The van der Waals surface area contributed by atoms with Gasteiger partial charge < -0.3 is 4.74 Å². The monoisotopic (exact) mass is 360 g/mol. The van der Waals surface area contributed by atoms with Crippen molar-refractivity contribution in [2.45, 2.75) is 6.92 Å². The van der Waals surface area contributed by atoms with E-state index < -0.39 is 5.97 Å². The normalized spacial score (nSPS) is 11.3. The molecule has 2 heterocycles. The van der Waals surface area contributed by atoms with Gasteiger partial charge in [0.25, 0.3) is 0 Å². The van der Waals surface area contributed by atoms with Gasteiger partial charge in [-0.05, 0) is 37.3 Å². The molecule has 2 aromatic heterocycles. The van der Waals surface area contributed by atoms with E-state index in [1.165, 1.54) is 6.08 Å². The van der Waals surface area contributed by atoms with Crippen LogP contribution in [-0.2, 0) is 9.53 Å². The second-order valence-corrected chi connectivity index (χ2v) is 5.89. The number of rotatable bonds is 4. The van der Waals surface area contributed by atoms with Gasteiger partial charge in [-0.15, -0.1) is 0 Å². The number of imidazole rings is 1. The Bertz CT molecular complexity index is 915. The molecule has 1 aromatic carbocycles. The molecule has 0 unspecified atom stereocenters. The second-order valence-electron chi connectivity index (χ2n) is 5.01. The van der Waals surface area contributed by atoms with Crippen LogP contribution in [0.5, 0.6) is 0 Å². The summed E-state index contributed by atoms with van der Waals surface area (Å²) in [5, 5.41) is 1.22. The molecule has 0 aliphatic carbocycles. The number of carbonyl (C=O) groups excluding carboxylic acids is 1. The Balaban J connectivity index is 2.15. The van der Waals surface area contributed by atoms with Crippen LogP contribution >= 0.6 is 23.2 Å². The minimum absolute atomic E-state index is 0.326. The number of halogens is 2. The van der Waals surface area contributed by atoms with E-state index >= 15 is 0 Å². The lowest BCUT2D eigenvalue weighted by atomic mass is 10.1. The third-order valence-corrected chi connectivity index (χ3v) is 3.88. The molecule has 0 saturated heterocycles. The van der Waals surface area contributed by atoms with Crippen LogP contribution in [0.2, 0.25) is 10.0 Å². The zero-order chi connectivity index (χ0) is 17.1. The molecule has 6 heteroatoms. The molecule has 3 aromatic rings. The van der Waals surface area contributed by atoms with Crippen molar-refractivity contribution < 1.29 is 9.53 Å². The first-order valence-electron chi connectivity index (χ1n) is 7.37. The number of esters is 1. The third-order valence-electron chi connectivity index (χ3n) is 3.40. The van der Waals surface area contributed by atoms with Crippen LogP contribution in [0.4, 0.5) is 0 Å².